The summed E-state index contributed by atoms with van der Waals surface area (Å²) < 4.78 is 32.1. The molecule has 0 radical (unpaired) electrons. The minimum absolute atomic E-state index is 0.123. The normalized spacial score (nSPS) is 15.4. The average Bonchev–Trinajstić information content (AvgIpc) is 3.16. The first-order valence-electron chi connectivity index (χ1n) is 9.73. The molecule has 29 heavy (non-hydrogen) atoms. The zero-order chi connectivity index (χ0) is 20.3. The Morgan fingerprint density at radius 1 is 1.03 bits per heavy atom. The third-order valence-electron chi connectivity index (χ3n) is 5.15. The standard InChI is InChI=1S/C21H23N3O4S/c25-21(14-19-18-6-2-3-7-20(18)28-23-19)22-15-16-8-10-17(11-9-16)29(26,27)24-12-4-1-5-13-24/h2-3,6-11H,1,4-5,12-15H2,(H,22,25). The number of carbonyl (C=O) groups excluding carboxylic acids is 1. The Labute approximate surface area is 169 Å². The van der Waals surface area contributed by atoms with Gasteiger partial charge in [0.1, 0.15) is 5.69 Å². The quantitative estimate of drug-likeness (QED) is 0.671. The lowest BCUT2D eigenvalue weighted by Crippen LogP contribution is -2.35. The first kappa shape index (κ1) is 19.6. The van der Waals surface area contributed by atoms with E-state index in [4.69, 9.17) is 4.52 Å². The van der Waals surface area contributed by atoms with Crippen molar-refractivity contribution in [3.63, 3.8) is 0 Å². The molecule has 3 aromatic rings. The fourth-order valence-corrected chi connectivity index (χ4v) is 5.03. The van der Waals surface area contributed by atoms with Crippen LogP contribution >= 0.6 is 0 Å². The zero-order valence-corrected chi connectivity index (χ0v) is 16.8. The number of fused-ring (bicyclic) bond motifs is 1. The highest BCUT2D eigenvalue weighted by Crippen LogP contribution is 2.21. The lowest BCUT2D eigenvalue weighted by atomic mass is 10.1. The van der Waals surface area contributed by atoms with Gasteiger partial charge in [0.25, 0.3) is 0 Å². The van der Waals surface area contributed by atoms with Gasteiger partial charge in [0, 0.05) is 25.0 Å². The van der Waals surface area contributed by atoms with Crippen LogP contribution < -0.4 is 5.32 Å². The lowest BCUT2D eigenvalue weighted by Gasteiger charge is -2.25. The fourth-order valence-electron chi connectivity index (χ4n) is 3.51. The summed E-state index contributed by atoms with van der Waals surface area (Å²) >= 11 is 0. The maximum Gasteiger partial charge on any atom is 0.243 e. The zero-order valence-electron chi connectivity index (χ0n) is 16.0. The van der Waals surface area contributed by atoms with E-state index in [1.54, 1.807) is 28.6 Å². The van der Waals surface area contributed by atoms with Crippen molar-refractivity contribution in [3.8, 4) is 0 Å². The van der Waals surface area contributed by atoms with E-state index >= 15 is 0 Å². The molecule has 1 aromatic heterocycles. The minimum atomic E-state index is -3.44. The summed E-state index contributed by atoms with van der Waals surface area (Å²) in [6.45, 7) is 1.48. The third kappa shape index (κ3) is 4.33. The number of amides is 1. The van der Waals surface area contributed by atoms with E-state index in [2.05, 4.69) is 10.5 Å². The number of para-hydroxylation sites is 1. The maximum atomic E-state index is 12.7. The monoisotopic (exact) mass is 413 g/mol. The van der Waals surface area contributed by atoms with Crippen molar-refractivity contribution < 1.29 is 17.7 Å². The molecule has 1 amide bonds. The predicted octanol–water partition coefficient (Wildman–Crippen LogP) is 2.86. The SMILES string of the molecule is O=C(Cc1noc2ccccc12)NCc1ccc(S(=O)(=O)N2CCCCC2)cc1. The van der Waals surface area contributed by atoms with Crippen LogP contribution in [-0.4, -0.2) is 36.9 Å². The number of nitrogens with zero attached hydrogens (tertiary/aromatic N) is 2. The average molecular weight is 413 g/mol. The molecule has 7 nitrogen and oxygen atoms in total. The van der Waals surface area contributed by atoms with Gasteiger partial charge in [0.05, 0.1) is 11.3 Å². The van der Waals surface area contributed by atoms with Gasteiger partial charge < -0.3 is 9.84 Å². The number of sulfonamides is 1. The first-order valence-corrected chi connectivity index (χ1v) is 11.2. The summed E-state index contributed by atoms with van der Waals surface area (Å²) in [6.07, 6.45) is 3.02. The second-order valence-corrected chi connectivity index (χ2v) is 9.13. The van der Waals surface area contributed by atoms with Crippen molar-refractivity contribution in [2.24, 2.45) is 0 Å². The topological polar surface area (TPSA) is 92.5 Å². The molecule has 4 rings (SSSR count). The van der Waals surface area contributed by atoms with E-state index in [9.17, 15) is 13.2 Å². The number of rotatable bonds is 6. The summed E-state index contributed by atoms with van der Waals surface area (Å²) in [5, 5.41) is 7.64. The summed E-state index contributed by atoms with van der Waals surface area (Å²) in [4.78, 5) is 12.6. The van der Waals surface area contributed by atoms with Crippen molar-refractivity contribution in [1.82, 2.24) is 14.8 Å². The number of aromatic nitrogens is 1. The molecule has 1 fully saturated rings. The number of carbonyl (C=O) groups is 1. The second-order valence-electron chi connectivity index (χ2n) is 7.19. The molecule has 0 unspecified atom stereocenters. The van der Waals surface area contributed by atoms with Gasteiger partial charge in [0.2, 0.25) is 15.9 Å². The smallest absolute Gasteiger partial charge is 0.243 e. The first-order chi connectivity index (χ1) is 14.0. The Kier molecular flexibility index (Phi) is 5.64. The van der Waals surface area contributed by atoms with Crippen LogP contribution in [0.25, 0.3) is 11.0 Å². The highest BCUT2D eigenvalue weighted by atomic mass is 32.2. The molecule has 0 bridgehead atoms. The van der Waals surface area contributed by atoms with Crippen LogP contribution in [0.15, 0.2) is 57.9 Å². The minimum Gasteiger partial charge on any atom is -0.356 e. The van der Waals surface area contributed by atoms with E-state index in [-0.39, 0.29) is 12.3 Å². The van der Waals surface area contributed by atoms with E-state index in [0.29, 0.717) is 35.8 Å². The second kappa shape index (κ2) is 8.34. The molecule has 2 heterocycles. The van der Waals surface area contributed by atoms with Crippen LogP contribution in [-0.2, 0) is 27.8 Å². The third-order valence-corrected chi connectivity index (χ3v) is 7.06. The van der Waals surface area contributed by atoms with Gasteiger partial charge in [-0.1, -0.05) is 35.8 Å². The van der Waals surface area contributed by atoms with Crippen LogP contribution in [0.5, 0.6) is 0 Å². The molecule has 0 aliphatic carbocycles. The molecular weight excluding hydrogens is 390 g/mol. The van der Waals surface area contributed by atoms with Crippen LogP contribution in [0.4, 0.5) is 0 Å². The van der Waals surface area contributed by atoms with Crippen LogP contribution in [0.1, 0.15) is 30.5 Å². The highest BCUT2D eigenvalue weighted by molar-refractivity contribution is 7.89. The number of hydrogen-bond donors (Lipinski definition) is 1. The van der Waals surface area contributed by atoms with Gasteiger partial charge in [-0.05, 0) is 42.7 Å². The number of benzene rings is 2. The van der Waals surface area contributed by atoms with Crippen molar-refractivity contribution in [2.45, 2.75) is 37.1 Å². The molecule has 1 aliphatic rings. The van der Waals surface area contributed by atoms with Crippen LogP contribution in [0.2, 0.25) is 0 Å². The molecule has 1 N–H and O–H groups in total. The molecule has 2 aromatic carbocycles. The molecule has 0 saturated carbocycles. The van der Waals surface area contributed by atoms with Gasteiger partial charge in [-0.15, -0.1) is 0 Å². The van der Waals surface area contributed by atoms with Crippen molar-refractivity contribution >= 4 is 26.9 Å². The summed E-state index contributed by atoms with van der Waals surface area (Å²) in [5.41, 5.74) is 2.09. The fraction of sp³-hybridized carbons (Fsp3) is 0.333. The lowest BCUT2D eigenvalue weighted by molar-refractivity contribution is -0.120. The van der Waals surface area contributed by atoms with Crippen molar-refractivity contribution in [3.05, 3.63) is 59.8 Å². The number of nitrogens with one attached hydrogen (secondary N) is 1. The molecule has 0 spiro atoms. The Hall–Kier alpha value is -2.71. The van der Waals surface area contributed by atoms with Gasteiger partial charge in [-0.3, -0.25) is 4.79 Å². The van der Waals surface area contributed by atoms with Gasteiger partial charge in [-0.25, -0.2) is 8.42 Å². The molecule has 0 atom stereocenters. The van der Waals surface area contributed by atoms with E-state index in [0.717, 1.165) is 30.2 Å². The molecule has 1 aliphatic heterocycles. The van der Waals surface area contributed by atoms with Crippen molar-refractivity contribution in [1.29, 1.82) is 0 Å². The largest absolute Gasteiger partial charge is 0.356 e. The molecule has 152 valence electrons. The van der Waals surface area contributed by atoms with E-state index in [1.165, 1.54) is 0 Å². The number of hydrogen-bond acceptors (Lipinski definition) is 5. The Bertz CT molecular complexity index is 1100. The van der Waals surface area contributed by atoms with Crippen molar-refractivity contribution in [2.75, 3.05) is 13.1 Å². The van der Waals surface area contributed by atoms with E-state index in [1.807, 2.05) is 24.3 Å². The van der Waals surface area contributed by atoms with Crippen LogP contribution in [0.3, 0.4) is 0 Å². The highest BCUT2D eigenvalue weighted by Gasteiger charge is 2.25. The summed E-state index contributed by atoms with van der Waals surface area (Å²) in [5.74, 6) is -0.172. The molecule has 1 saturated heterocycles. The number of piperidine rings is 1. The molecule has 8 heteroatoms. The van der Waals surface area contributed by atoms with Gasteiger partial charge in [0.15, 0.2) is 5.58 Å². The van der Waals surface area contributed by atoms with E-state index < -0.39 is 10.0 Å². The van der Waals surface area contributed by atoms with Gasteiger partial charge >= 0.3 is 0 Å². The Morgan fingerprint density at radius 3 is 2.52 bits per heavy atom. The van der Waals surface area contributed by atoms with Crippen LogP contribution in [0, 0.1) is 0 Å². The Balaban J connectivity index is 1.36. The maximum absolute atomic E-state index is 12.7. The predicted molar refractivity (Wildman–Crippen MR) is 109 cm³/mol. The summed E-state index contributed by atoms with van der Waals surface area (Å²) in [6, 6.07) is 14.1. The molecular formula is C21H23N3O4S. The Morgan fingerprint density at radius 2 is 1.76 bits per heavy atom. The summed E-state index contributed by atoms with van der Waals surface area (Å²) in [7, 11) is -3.44. The van der Waals surface area contributed by atoms with Gasteiger partial charge in [-0.2, -0.15) is 4.31 Å².